The Labute approximate surface area is 128 Å². The van der Waals surface area contributed by atoms with Crippen LogP contribution in [0.3, 0.4) is 0 Å². The van der Waals surface area contributed by atoms with Gasteiger partial charge in [0.25, 0.3) is 0 Å². The van der Waals surface area contributed by atoms with Crippen molar-refractivity contribution in [3.63, 3.8) is 0 Å². The molecule has 1 aliphatic heterocycles. The number of methoxy groups -OCH3 is 1. The van der Waals surface area contributed by atoms with E-state index in [-0.39, 0.29) is 12.0 Å². The Morgan fingerprint density at radius 1 is 1.43 bits per heavy atom. The molecule has 2 heterocycles. The van der Waals surface area contributed by atoms with Gasteiger partial charge >= 0.3 is 5.97 Å². The Morgan fingerprint density at radius 2 is 2.14 bits per heavy atom. The Morgan fingerprint density at radius 3 is 2.76 bits per heavy atom. The normalized spacial score (nSPS) is 23.0. The van der Waals surface area contributed by atoms with Crippen LogP contribution in [0.25, 0.3) is 0 Å². The minimum atomic E-state index is -0.674. The van der Waals surface area contributed by atoms with Crippen molar-refractivity contribution in [1.29, 1.82) is 0 Å². The molecule has 1 fully saturated rings. The third-order valence-electron chi connectivity index (χ3n) is 4.61. The largest absolute Gasteiger partial charge is 0.481 e. The fourth-order valence-corrected chi connectivity index (χ4v) is 3.74. The lowest BCUT2D eigenvalue weighted by atomic mass is 9.95. The van der Waals surface area contributed by atoms with Crippen LogP contribution in [0.15, 0.2) is 6.07 Å². The maximum Gasteiger partial charge on any atom is 0.306 e. The van der Waals surface area contributed by atoms with Crippen LogP contribution in [-0.4, -0.2) is 41.2 Å². The van der Waals surface area contributed by atoms with Gasteiger partial charge in [0.05, 0.1) is 13.0 Å². The quantitative estimate of drug-likeness (QED) is 0.869. The molecule has 3 rings (SSSR count). The van der Waals surface area contributed by atoms with E-state index < -0.39 is 5.97 Å². The molecule has 0 aromatic carbocycles. The molecule has 1 aromatic heterocycles. The lowest BCUT2D eigenvalue weighted by Gasteiger charge is -2.35. The summed E-state index contributed by atoms with van der Waals surface area (Å²) in [4.78, 5) is 17.7. The van der Waals surface area contributed by atoms with E-state index in [4.69, 9.17) is 21.4 Å². The molecule has 21 heavy (non-hydrogen) atoms. The first kappa shape index (κ1) is 14.6. The van der Waals surface area contributed by atoms with Crippen LogP contribution in [-0.2, 0) is 11.2 Å². The summed E-state index contributed by atoms with van der Waals surface area (Å²) in [6.45, 7) is 1.62. The molecule has 1 atom stereocenters. The molecule has 0 bridgehead atoms. The van der Waals surface area contributed by atoms with Gasteiger partial charge in [0.15, 0.2) is 0 Å². The number of aliphatic carboxylic acids is 1. The highest BCUT2D eigenvalue weighted by atomic mass is 35.5. The maximum atomic E-state index is 11.1. The molecule has 0 spiro atoms. The topological polar surface area (TPSA) is 62.7 Å². The van der Waals surface area contributed by atoms with E-state index in [2.05, 4.69) is 9.88 Å². The van der Waals surface area contributed by atoms with Crippen molar-refractivity contribution in [2.75, 3.05) is 20.2 Å². The molecule has 2 aliphatic rings. The summed E-state index contributed by atoms with van der Waals surface area (Å²) in [5.74, 6) is -0.264. The van der Waals surface area contributed by atoms with Gasteiger partial charge in [0.1, 0.15) is 5.15 Å². The molecule has 0 amide bonds. The summed E-state index contributed by atoms with van der Waals surface area (Å²) in [6, 6.07) is 2.19. The van der Waals surface area contributed by atoms with Crippen LogP contribution in [0.1, 0.15) is 36.4 Å². The number of piperidine rings is 1. The van der Waals surface area contributed by atoms with Gasteiger partial charge in [-0.1, -0.05) is 11.6 Å². The second kappa shape index (κ2) is 5.81. The van der Waals surface area contributed by atoms with Crippen molar-refractivity contribution in [1.82, 2.24) is 9.88 Å². The van der Waals surface area contributed by atoms with Gasteiger partial charge in [-0.25, -0.2) is 4.98 Å². The lowest BCUT2D eigenvalue weighted by Crippen LogP contribution is -2.38. The predicted molar refractivity (Wildman–Crippen MR) is 78.8 cm³/mol. The molecule has 6 heteroatoms. The number of ether oxygens (including phenoxy) is 1. The SMILES string of the molecule is COc1nc(Cl)cc2c1C(N1CCC(C(=O)O)CC1)CC2. The molecule has 1 aliphatic carbocycles. The van der Waals surface area contributed by atoms with Gasteiger partial charge in [-0.15, -0.1) is 0 Å². The Balaban J connectivity index is 1.80. The number of carbonyl (C=O) groups is 1. The third kappa shape index (κ3) is 2.72. The van der Waals surface area contributed by atoms with E-state index >= 15 is 0 Å². The number of carboxylic acids is 1. The highest BCUT2D eigenvalue weighted by Crippen LogP contribution is 2.42. The van der Waals surface area contributed by atoms with Crippen molar-refractivity contribution in [2.45, 2.75) is 31.7 Å². The summed E-state index contributed by atoms with van der Waals surface area (Å²) in [7, 11) is 1.62. The number of aryl methyl sites for hydroxylation is 1. The molecule has 1 saturated heterocycles. The van der Waals surface area contributed by atoms with Gasteiger partial charge in [-0.2, -0.15) is 0 Å². The summed E-state index contributed by atoms with van der Waals surface area (Å²) in [5, 5.41) is 9.57. The highest BCUT2D eigenvalue weighted by molar-refractivity contribution is 6.29. The average Bonchev–Trinajstić information content (AvgIpc) is 2.90. The maximum absolute atomic E-state index is 11.1. The molecular formula is C15H19ClN2O3. The standard InChI is InChI=1S/C15H19ClN2O3/c1-21-14-13-10(8-12(16)17-14)2-3-11(13)18-6-4-9(5-7-18)15(19)20/h8-9,11H,2-7H2,1H3,(H,19,20). The average molecular weight is 311 g/mol. The molecule has 114 valence electrons. The molecule has 1 unspecified atom stereocenters. The second-order valence-electron chi connectivity index (χ2n) is 5.73. The second-order valence-corrected chi connectivity index (χ2v) is 6.12. The zero-order chi connectivity index (χ0) is 15.0. The van der Waals surface area contributed by atoms with Gasteiger partial charge in [0.2, 0.25) is 5.88 Å². The number of carboxylic acid groups (broad SMARTS) is 1. The van der Waals surface area contributed by atoms with E-state index in [1.807, 2.05) is 6.07 Å². The van der Waals surface area contributed by atoms with E-state index in [9.17, 15) is 4.79 Å². The first-order chi connectivity index (χ1) is 10.1. The number of rotatable bonds is 3. The molecule has 5 nitrogen and oxygen atoms in total. The Kier molecular flexibility index (Phi) is 4.04. The first-order valence-corrected chi connectivity index (χ1v) is 7.68. The number of nitrogens with zero attached hydrogens (tertiary/aromatic N) is 2. The van der Waals surface area contributed by atoms with Crippen LogP contribution in [0, 0.1) is 5.92 Å². The highest BCUT2D eigenvalue weighted by Gasteiger charge is 2.35. The lowest BCUT2D eigenvalue weighted by molar-refractivity contribution is -0.143. The number of pyridine rings is 1. The fraction of sp³-hybridized carbons (Fsp3) is 0.600. The van der Waals surface area contributed by atoms with Crippen LogP contribution in [0.4, 0.5) is 0 Å². The summed E-state index contributed by atoms with van der Waals surface area (Å²) >= 11 is 6.02. The van der Waals surface area contributed by atoms with E-state index in [1.165, 1.54) is 5.56 Å². The minimum Gasteiger partial charge on any atom is -0.481 e. The van der Waals surface area contributed by atoms with Crippen molar-refractivity contribution in [3.05, 3.63) is 22.3 Å². The summed E-state index contributed by atoms with van der Waals surface area (Å²) < 4.78 is 5.40. The van der Waals surface area contributed by atoms with E-state index in [0.29, 0.717) is 23.9 Å². The summed E-state index contributed by atoms with van der Waals surface area (Å²) in [5.41, 5.74) is 2.34. The summed E-state index contributed by atoms with van der Waals surface area (Å²) in [6.07, 6.45) is 3.41. The number of fused-ring (bicyclic) bond motifs is 1. The van der Waals surface area contributed by atoms with Crippen LogP contribution >= 0.6 is 11.6 Å². The number of hydrogen-bond donors (Lipinski definition) is 1. The van der Waals surface area contributed by atoms with Crippen LogP contribution in [0.2, 0.25) is 5.15 Å². The smallest absolute Gasteiger partial charge is 0.306 e. The van der Waals surface area contributed by atoms with Crippen molar-refractivity contribution < 1.29 is 14.6 Å². The van der Waals surface area contributed by atoms with Crippen molar-refractivity contribution >= 4 is 17.6 Å². The van der Waals surface area contributed by atoms with Gasteiger partial charge < -0.3 is 9.84 Å². The van der Waals surface area contributed by atoms with Crippen LogP contribution < -0.4 is 4.74 Å². The number of likely N-dealkylation sites (tertiary alicyclic amines) is 1. The zero-order valence-electron chi connectivity index (χ0n) is 12.0. The van der Waals surface area contributed by atoms with E-state index in [1.54, 1.807) is 7.11 Å². The van der Waals surface area contributed by atoms with Crippen LogP contribution in [0.5, 0.6) is 5.88 Å². The molecule has 0 radical (unpaired) electrons. The zero-order valence-corrected chi connectivity index (χ0v) is 12.8. The number of halogens is 1. The predicted octanol–water partition coefficient (Wildman–Crippen LogP) is 2.53. The third-order valence-corrected chi connectivity index (χ3v) is 4.80. The van der Waals surface area contributed by atoms with Crippen molar-refractivity contribution in [2.24, 2.45) is 5.92 Å². The fourth-order valence-electron chi connectivity index (χ4n) is 3.53. The van der Waals surface area contributed by atoms with Crippen molar-refractivity contribution in [3.8, 4) is 5.88 Å². The molecular weight excluding hydrogens is 292 g/mol. The Hall–Kier alpha value is -1.33. The Bertz CT molecular complexity index is 556. The monoisotopic (exact) mass is 310 g/mol. The first-order valence-electron chi connectivity index (χ1n) is 7.30. The number of hydrogen-bond acceptors (Lipinski definition) is 4. The van der Waals surface area contributed by atoms with Gasteiger partial charge in [-0.3, -0.25) is 9.69 Å². The minimum absolute atomic E-state index is 0.202. The molecule has 1 N–H and O–H groups in total. The number of aromatic nitrogens is 1. The van der Waals surface area contributed by atoms with Gasteiger partial charge in [0, 0.05) is 11.6 Å². The molecule has 1 aromatic rings. The molecule has 0 saturated carbocycles. The van der Waals surface area contributed by atoms with Gasteiger partial charge in [-0.05, 0) is 50.4 Å². The van der Waals surface area contributed by atoms with E-state index in [0.717, 1.165) is 31.5 Å².